The van der Waals surface area contributed by atoms with Gasteiger partial charge in [-0.25, -0.2) is 19.7 Å². The molecular weight excluding hydrogens is 322 g/mol. The van der Waals surface area contributed by atoms with Crippen LogP contribution in [0.3, 0.4) is 0 Å². The quantitative estimate of drug-likeness (QED) is 0.920. The summed E-state index contributed by atoms with van der Waals surface area (Å²) in [6.07, 6.45) is 6.00. The SMILES string of the molecule is Cc1ncc(NC(=O)N2CCC[C@@H]2c2csc(C)n2)c(C2CC2)n1. The average molecular weight is 343 g/mol. The minimum absolute atomic E-state index is 0.0718. The fraction of sp³-hybridized carbons (Fsp3) is 0.529. The van der Waals surface area contributed by atoms with Crippen molar-refractivity contribution in [3.8, 4) is 0 Å². The van der Waals surface area contributed by atoms with E-state index in [1.54, 1.807) is 17.5 Å². The summed E-state index contributed by atoms with van der Waals surface area (Å²) >= 11 is 1.64. The molecule has 6 nitrogen and oxygen atoms in total. The van der Waals surface area contributed by atoms with Crippen LogP contribution in [0, 0.1) is 13.8 Å². The van der Waals surface area contributed by atoms with Crippen molar-refractivity contribution in [2.45, 2.75) is 51.5 Å². The van der Waals surface area contributed by atoms with E-state index in [-0.39, 0.29) is 12.1 Å². The van der Waals surface area contributed by atoms with Crippen LogP contribution in [0.15, 0.2) is 11.6 Å². The summed E-state index contributed by atoms with van der Waals surface area (Å²) in [4.78, 5) is 28.1. The van der Waals surface area contributed by atoms with E-state index in [1.807, 2.05) is 18.7 Å². The van der Waals surface area contributed by atoms with Gasteiger partial charge in [0.1, 0.15) is 5.82 Å². The standard InChI is InChI=1S/C17H21N5OS/c1-10-18-8-13(16(19-10)12-5-6-12)21-17(23)22-7-3-4-15(22)14-9-24-11(2)20-14/h8-9,12,15H,3-7H2,1-2H3,(H,21,23)/t15-/m1/s1. The summed E-state index contributed by atoms with van der Waals surface area (Å²) in [7, 11) is 0. The molecule has 3 heterocycles. The van der Waals surface area contributed by atoms with Crippen molar-refractivity contribution >= 4 is 23.1 Å². The van der Waals surface area contributed by atoms with Gasteiger partial charge in [-0.2, -0.15) is 0 Å². The normalized spacial score (nSPS) is 20.4. The molecule has 0 spiro atoms. The molecule has 1 aliphatic carbocycles. The first-order chi connectivity index (χ1) is 11.6. The highest BCUT2D eigenvalue weighted by Gasteiger charge is 2.33. The molecule has 1 saturated heterocycles. The summed E-state index contributed by atoms with van der Waals surface area (Å²) in [5.41, 5.74) is 2.75. The van der Waals surface area contributed by atoms with Gasteiger partial charge in [0.05, 0.1) is 34.3 Å². The Kier molecular flexibility index (Phi) is 3.96. The topological polar surface area (TPSA) is 71.0 Å². The van der Waals surface area contributed by atoms with Gasteiger partial charge in [0, 0.05) is 17.8 Å². The lowest BCUT2D eigenvalue weighted by atomic mass is 10.2. The lowest BCUT2D eigenvalue weighted by molar-refractivity contribution is 0.206. The van der Waals surface area contributed by atoms with E-state index in [0.717, 1.165) is 60.1 Å². The number of carbonyl (C=O) groups is 1. The van der Waals surface area contributed by atoms with Gasteiger partial charge in [-0.3, -0.25) is 0 Å². The zero-order chi connectivity index (χ0) is 16.7. The van der Waals surface area contributed by atoms with Crippen LogP contribution in [-0.2, 0) is 0 Å². The fourth-order valence-corrected chi connectivity index (χ4v) is 3.95. The first-order valence-electron chi connectivity index (χ1n) is 8.45. The second-order valence-electron chi connectivity index (χ2n) is 6.56. The Bertz CT molecular complexity index is 770. The number of nitrogens with zero attached hydrogens (tertiary/aromatic N) is 4. The highest BCUT2D eigenvalue weighted by atomic mass is 32.1. The number of likely N-dealkylation sites (tertiary alicyclic amines) is 1. The number of carbonyl (C=O) groups excluding carboxylic acids is 1. The molecule has 2 fully saturated rings. The number of aryl methyl sites for hydroxylation is 2. The van der Waals surface area contributed by atoms with Crippen LogP contribution in [0.1, 0.15) is 59.9 Å². The van der Waals surface area contributed by atoms with Gasteiger partial charge in [-0.1, -0.05) is 0 Å². The molecule has 2 amide bonds. The molecule has 2 aliphatic rings. The van der Waals surface area contributed by atoms with E-state index in [4.69, 9.17) is 0 Å². The molecule has 126 valence electrons. The van der Waals surface area contributed by atoms with Crippen LogP contribution in [0.4, 0.5) is 10.5 Å². The maximum absolute atomic E-state index is 12.8. The number of rotatable bonds is 3. The monoisotopic (exact) mass is 343 g/mol. The molecule has 24 heavy (non-hydrogen) atoms. The lowest BCUT2D eigenvalue weighted by Crippen LogP contribution is -2.35. The number of urea groups is 1. The summed E-state index contributed by atoms with van der Waals surface area (Å²) in [6.45, 7) is 4.65. The van der Waals surface area contributed by atoms with Crippen molar-refractivity contribution in [2.75, 3.05) is 11.9 Å². The minimum Gasteiger partial charge on any atom is -0.316 e. The summed E-state index contributed by atoms with van der Waals surface area (Å²) in [5, 5.41) is 6.15. The Hall–Kier alpha value is -2.02. The van der Waals surface area contributed by atoms with Crippen molar-refractivity contribution in [2.24, 2.45) is 0 Å². The maximum Gasteiger partial charge on any atom is 0.322 e. The van der Waals surface area contributed by atoms with Gasteiger partial charge in [0.15, 0.2) is 0 Å². The molecule has 0 radical (unpaired) electrons. The second-order valence-corrected chi connectivity index (χ2v) is 7.63. The number of anilines is 1. The summed E-state index contributed by atoms with van der Waals surface area (Å²) in [6, 6.07) is 0.00296. The average Bonchev–Trinajstić information content (AvgIpc) is 3.12. The van der Waals surface area contributed by atoms with Gasteiger partial charge >= 0.3 is 6.03 Å². The summed E-state index contributed by atoms with van der Waals surface area (Å²) in [5.74, 6) is 1.23. The largest absolute Gasteiger partial charge is 0.322 e. The van der Waals surface area contributed by atoms with Gasteiger partial charge in [0.2, 0.25) is 0 Å². The van der Waals surface area contributed by atoms with Gasteiger partial charge in [-0.15, -0.1) is 11.3 Å². The molecule has 1 saturated carbocycles. The third kappa shape index (κ3) is 3.00. The number of hydrogen-bond donors (Lipinski definition) is 1. The molecular formula is C17H21N5OS. The molecule has 4 rings (SSSR count). The predicted octanol–water partition coefficient (Wildman–Crippen LogP) is 3.80. The fourth-order valence-electron chi connectivity index (χ4n) is 3.29. The van der Waals surface area contributed by atoms with Crippen LogP contribution < -0.4 is 5.32 Å². The second kappa shape index (κ2) is 6.12. The summed E-state index contributed by atoms with van der Waals surface area (Å²) < 4.78 is 0. The number of aromatic nitrogens is 3. The first kappa shape index (κ1) is 15.5. The van der Waals surface area contributed by atoms with Crippen molar-refractivity contribution < 1.29 is 4.79 Å². The minimum atomic E-state index is -0.0718. The van der Waals surface area contributed by atoms with Crippen LogP contribution in [0.5, 0.6) is 0 Å². The Morgan fingerprint density at radius 2 is 2.12 bits per heavy atom. The number of nitrogens with one attached hydrogen (secondary N) is 1. The van der Waals surface area contributed by atoms with E-state index >= 15 is 0 Å². The molecule has 2 aromatic heterocycles. The molecule has 1 N–H and O–H groups in total. The molecule has 2 aromatic rings. The van der Waals surface area contributed by atoms with Crippen LogP contribution in [0.2, 0.25) is 0 Å². The Balaban J connectivity index is 1.53. The zero-order valence-corrected chi connectivity index (χ0v) is 14.8. The first-order valence-corrected chi connectivity index (χ1v) is 9.33. The number of hydrogen-bond acceptors (Lipinski definition) is 5. The third-order valence-corrected chi connectivity index (χ3v) is 5.43. The molecule has 0 aromatic carbocycles. The van der Waals surface area contributed by atoms with Crippen LogP contribution in [0.25, 0.3) is 0 Å². The Morgan fingerprint density at radius 3 is 2.83 bits per heavy atom. The van der Waals surface area contributed by atoms with Gasteiger partial charge in [-0.05, 0) is 39.5 Å². The third-order valence-electron chi connectivity index (χ3n) is 4.64. The van der Waals surface area contributed by atoms with Crippen molar-refractivity contribution in [1.82, 2.24) is 19.9 Å². The molecule has 1 atom stereocenters. The van der Waals surface area contributed by atoms with Crippen LogP contribution >= 0.6 is 11.3 Å². The van der Waals surface area contributed by atoms with Gasteiger partial charge < -0.3 is 10.2 Å². The number of amides is 2. The van der Waals surface area contributed by atoms with E-state index in [0.29, 0.717) is 5.92 Å². The maximum atomic E-state index is 12.8. The van der Waals surface area contributed by atoms with E-state index < -0.39 is 0 Å². The Labute approximate surface area is 145 Å². The molecule has 1 aliphatic heterocycles. The smallest absolute Gasteiger partial charge is 0.316 e. The number of thiazole rings is 1. The van der Waals surface area contributed by atoms with Crippen molar-refractivity contribution in [3.05, 3.63) is 33.8 Å². The van der Waals surface area contributed by atoms with E-state index in [1.165, 1.54) is 0 Å². The highest BCUT2D eigenvalue weighted by molar-refractivity contribution is 7.09. The van der Waals surface area contributed by atoms with Crippen molar-refractivity contribution in [1.29, 1.82) is 0 Å². The van der Waals surface area contributed by atoms with E-state index in [2.05, 4.69) is 25.6 Å². The molecule has 7 heteroatoms. The van der Waals surface area contributed by atoms with E-state index in [9.17, 15) is 4.79 Å². The van der Waals surface area contributed by atoms with Crippen molar-refractivity contribution in [3.63, 3.8) is 0 Å². The lowest BCUT2D eigenvalue weighted by Gasteiger charge is -2.24. The molecule has 0 unspecified atom stereocenters. The predicted molar refractivity (Wildman–Crippen MR) is 93.3 cm³/mol. The molecule has 0 bridgehead atoms. The zero-order valence-electron chi connectivity index (χ0n) is 14.0. The highest BCUT2D eigenvalue weighted by Crippen LogP contribution is 2.42. The van der Waals surface area contributed by atoms with Crippen LogP contribution in [-0.4, -0.2) is 32.4 Å². The Morgan fingerprint density at radius 1 is 1.29 bits per heavy atom. The van der Waals surface area contributed by atoms with Gasteiger partial charge in [0.25, 0.3) is 0 Å².